The Balaban J connectivity index is 2.76. The van der Waals surface area contributed by atoms with Crippen molar-refractivity contribution in [2.45, 2.75) is 53.2 Å². The van der Waals surface area contributed by atoms with E-state index in [9.17, 15) is 9.90 Å². The zero-order chi connectivity index (χ0) is 18.7. The number of likely N-dealkylation sites (N-methyl/N-ethyl adjacent to an activating group) is 1. The lowest BCUT2D eigenvalue weighted by Gasteiger charge is -2.22. The van der Waals surface area contributed by atoms with Crippen LogP contribution >= 0.6 is 0 Å². The van der Waals surface area contributed by atoms with Gasteiger partial charge in [0.05, 0.1) is 6.61 Å². The molecule has 1 N–H and O–H groups in total. The number of ether oxygens (including phenoxy) is 2. The number of aliphatic hydroxyl groups is 1. The van der Waals surface area contributed by atoms with Crippen molar-refractivity contribution in [3.8, 4) is 5.75 Å². The molecule has 0 aliphatic carbocycles. The average molecular weight is 351 g/mol. The minimum Gasteiger partial charge on any atom is -0.490 e. The second-order valence-electron chi connectivity index (χ2n) is 6.10. The molecule has 1 aromatic carbocycles. The minimum absolute atomic E-state index is 0.102. The Morgan fingerprint density at radius 3 is 2.52 bits per heavy atom. The first kappa shape index (κ1) is 21.6. The van der Waals surface area contributed by atoms with Crippen LogP contribution in [0.4, 0.5) is 0 Å². The summed E-state index contributed by atoms with van der Waals surface area (Å²) in [6, 6.07) is 5.42. The highest BCUT2D eigenvalue weighted by Gasteiger charge is 2.13. The van der Waals surface area contributed by atoms with Gasteiger partial charge in [0.2, 0.25) is 0 Å². The van der Waals surface area contributed by atoms with E-state index in [1.807, 2.05) is 13.0 Å². The average Bonchev–Trinajstić information content (AvgIpc) is 2.64. The van der Waals surface area contributed by atoms with Crippen LogP contribution in [0.3, 0.4) is 0 Å². The largest absolute Gasteiger partial charge is 0.490 e. The van der Waals surface area contributed by atoms with Crippen molar-refractivity contribution in [1.29, 1.82) is 0 Å². The van der Waals surface area contributed by atoms with Gasteiger partial charge < -0.3 is 19.5 Å². The summed E-state index contributed by atoms with van der Waals surface area (Å²) in [5, 5.41) is 10.2. The van der Waals surface area contributed by atoms with Crippen molar-refractivity contribution in [1.82, 2.24) is 4.90 Å². The third-order valence-electron chi connectivity index (χ3n) is 4.10. The van der Waals surface area contributed by atoms with Crippen molar-refractivity contribution in [2.24, 2.45) is 0 Å². The van der Waals surface area contributed by atoms with Gasteiger partial charge in [-0.15, -0.1) is 0 Å². The number of nitrogens with zero attached hydrogens (tertiary/aromatic N) is 1. The normalized spacial score (nSPS) is 12.4. The Kier molecular flexibility index (Phi) is 10.4. The van der Waals surface area contributed by atoms with E-state index >= 15 is 0 Å². The Bertz CT molecular complexity index is 514. The van der Waals surface area contributed by atoms with Gasteiger partial charge in [-0.25, -0.2) is 0 Å². The summed E-state index contributed by atoms with van der Waals surface area (Å²) in [6.45, 7) is 11.7. The van der Waals surface area contributed by atoms with Crippen LogP contribution < -0.4 is 4.74 Å². The van der Waals surface area contributed by atoms with E-state index in [2.05, 4.69) is 25.7 Å². The van der Waals surface area contributed by atoms with E-state index in [4.69, 9.17) is 9.47 Å². The summed E-state index contributed by atoms with van der Waals surface area (Å²) < 4.78 is 11.4. The zero-order valence-electron chi connectivity index (χ0n) is 16.1. The summed E-state index contributed by atoms with van der Waals surface area (Å²) in [7, 11) is 0. The van der Waals surface area contributed by atoms with Gasteiger partial charge in [0, 0.05) is 30.7 Å². The van der Waals surface area contributed by atoms with Crippen molar-refractivity contribution in [3.63, 3.8) is 0 Å². The van der Waals surface area contributed by atoms with Crippen molar-refractivity contribution in [2.75, 3.05) is 32.8 Å². The summed E-state index contributed by atoms with van der Waals surface area (Å²) in [5.41, 5.74) is 1.52. The van der Waals surface area contributed by atoms with E-state index < -0.39 is 6.10 Å². The lowest BCUT2D eigenvalue weighted by Crippen LogP contribution is -2.35. The van der Waals surface area contributed by atoms with Crippen LogP contribution in [0.2, 0.25) is 0 Å². The van der Waals surface area contributed by atoms with Crippen molar-refractivity contribution < 1.29 is 19.4 Å². The molecule has 0 saturated carbocycles. The number of ketones is 1. The Labute approximate surface area is 151 Å². The minimum atomic E-state index is -0.554. The monoisotopic (exact) mass is 351 g/mol. The van der Waals surface area contributed by atoms with Crippen LogP contribution in [0, 0.1) is 0 Å². The molecule has 0 heterocycles. The van der Waals surface area contributed by atoms with Crippen LogP contribution in [0.25, 0.3) is 0 Å². The fourth-order valence-corrected chi connectivity index (χ4v) is 2.56. The molecule has 25 heavy (non-hydrogen) atoms. The van der Waals surface area contributed by atoms with Gasteiger partial charge in [-0.1, -0.05) is 27.7 Å². The van der Waals surface area contributed by atoms with E-state index in [-0.39, 0.29) is 12.4 Å². The molecule has 0 unspecified atom stereocenters. The lowest BCUT2D eigenvalue weighted by atomic mass is 10.1. The number of aliphatic hydroxyl groups excluding tert-OH is 1. The lowest BCUT2D eigenvalue weighted by molar-refractivity contribution is 0.0690. The van der Waals surface area contributed by atoms with Gasteiger partial charge in [-0.3, -0.25) is 4.79 Å². The molecule has 1 aromatic rings. The first-order valence-electron chi connectivity index (χ1n) is 9.32. The van der Waals surface area contributed by atoms with Gasteiger partial charge in [0.1, 0.15) is 18.5 Å². The van der Waals surface area contributed by atoms with Crippen molar-refractivity contribution >= 4 is 5.78 Å². The number of Topliss-reactive ketones (excluding diaryl/α,β-unsaturated/α-hetero) is 1. The Morgan fingerprint density at radius 2 is 1.92 bits per heavy atom. The van der Waals surface area contributed by atoms with Crippen molar-refractivity contribution in [3.05, 3.63) is 29.3 Å². The molecule has 5 nitrogen and oxygen atoms in total. The van der Waals surface area contributed by atoms with Gasteiger partial charge >= 0.3 is 0 Å². The maximum atomic E-state index is 11.9. The number of rotatable bonds is 13. The highest BCUT2D eigenvalue weighted by molar-refractivity contribution is 5.96. The van der Waals surface area contributed by atoms with Crippen LogP contribution in [0.15, 0.2) is 18.2 Å². The molecule has 0 bridgehead atoms. The maximum Gasteiger partial charge on any atom is 0.162 e. The summed E-state index contributed by atoms with van der Waals surface area (Å²) in [4.78, 5) is 14.1. The molecule has 0 spiro atoms. The topological polar surface area (TPSA) is 59.0 Å². The maximum absolute atomic E-state index is 11.9. The molecule has 0 aromatic heterocycles. The highest BCUT2D eigenvalue weighted by Crippen LogP contribution is 2.22. The fourth-order valence-electron chi connectivity index (χ4n) is 2.56. The summed E-state index contributed by atoms with van der Waals surface area (Å²) in [5.74, 6) is 0.771. The van der Waals surface area contributed by atoms with Crippen LogP contribution in [0.1, 0.15) is 56.5 Å². The summed E-state index contributed by atoms with van der Waals surface area (Å²) >= 11 is 0. The zero-order valence-corrected chi connectivity index (χ0v) is 16.1. The predicted octanol–water partition coefficient (Wildman–Crippen LogP) is 3.29. The highest BCUT2D eigenvalue weighted by atomic mass is 16.5. The van der Waals surface area contributed by atoms with Crippen LogP contribution in [-0.2, 0) is 11.3 Å². The molecule has 0 fully saturated rings. The molecular formula is C20H33NO4. The number of carbonyl (C=O) groups is 1. The third kappa shape index (κ3) is 7.55. The van der Waals surface area contributed by atoms with Gasteiger partial charge in [0.15, 0.2) is 5.78 Å². The first-order valence-corrected chi connectivity index (χ1v) is 9.32. The van der Waals surface area contributed by atoms with Gasteiger partial charge in [-0.2, -0.15) is 0 Å². The molecule has 0 saturated heterocycles. The van der Waals surface area contributed by atoms with Gasteiger partial charge in [0.25, 0.3) is 0 Å². The first-order chi connectivity index (χ1) is 12.0. The molecule has 0 aliphatic heterocycles. The SMILES string of the molecule is CCCOCc1cc(C(=O)CC)ccc1OC[C@H](O)CN(CC)CC. The quantitative estimate of drug-likeness (QED) is 0.436. The third-order valence-corrected chi connectivity index (χ3v) is 4.10. The fraction of sp³-hybridized carbons (Fsp3) is 0.650. The van der Waals surface area contributed by atoms with E-state index in [1.54, 1.807) is 12.1 Å². The molecule has 5 heteroatoms. The second-order valence-corrected chi connectivity index (χ2v) is 6.10. The van der Waals surface area contributed by atoms with E-state index in [0.29, 0.717) is 37.5 Å². The van der Waals surface area contributed by atoms with E-state index in [1.165, 1.54) is 0 Å². The Morgan fingerprint density at radius 1 is 1.20 bits per heavy atom. The predicted molar refractivity (Wildman–Crippen MR) is 100 cm³/mol. The Hall–Kier alpha value is -1.43. The van der Waals surface area contributed by atoms with Crippen LogP contribution in [0.5, 0.6) is 5.75 Å². The molecule has 1 atom stereocenters. The number of benzene rings is 1. The van der Waals surface area contributed by atoms with Gasteiger partial charge in [-0.05, 0) is 37.7 Å². The van der Waals surface area contributed by atoms with Crippen LogP contribution in [-0.4, -0.2) is 54.7 Å². The molecule has 1 rings (SSSR count). The second kappa shape index (κ2) is 12.0. The smallest absolute Gasteiger partial charge is 0.162 e. The number of hydrogen-bond donors (Lipinski definition) is 1. The molecule has 142 valence electrons. The molecule has 0 aliphatic rings. The number of carbonyl (C=O) groups excluding carboxylic acids is 1. The molecular weight excluding hydrogens is 318 g/mol. The summed E-state index contributed by atoms with van der Waals surface area (Å²) in [6.07, 6.45) is 0.853. The number of hydrogen-bond acceptors (Lipinski definition) is 5. The standard InChI is InChI=1S/C20H33NO4/c1-5-11-24-14-17-12-16(19(23)6-2)9-10-20(17)25-15-18(22)13-21(7-3)8-4/h9-10,12,18,22H,5-8,11,13-15H2,1-4H3/t18-/m1/s1. The molecule has 0 radical (unpaired) electrons. The van der Waals surface area contributed by atoms with E-state index in [0.717, 1.165) is 25.1 Å². The molecule has 0 amide bonds.